The highest BCUT2D eigenvalue weighted by molar-refractivity contribution is 7.15. The Balaban J connectivity index is 1.86. The lowest BCUT2D eigenvalue weighted by molar-refractivity contribution is -0.116. The molecule has 17 heavy (non-hydrogen) atoms. The van der Waals surface area contributed by atoms with E-state index in [1.54, 1.807) is 11.3 Å². The van der Waals surface area contributed by atoms with E-state index in [2.05, 4.69) is 10.3 Å². The maximum Gasteiger partial charge on any atom is 0.226 e. The molecule has 1 heterocycles. The SMILES string of the molecule is O=C(CCCCCl)Nc1nc2c(s1)CCCC2. The maximum atomic E-state index is 11.6. The van der Waals surface area contributed by atoms with Crippen LogP contribution in [0, 0.1) is 0 Å². The van der Waals surface area contributed by atoms with Crippen molar-refractivity contribution in [2.24, 2.45) is 0 Å². The van der Waals surface area contributed by atoms with Gasteiger partial charge in [-0.05, 0) is 38.5 Å². The monoisotopic (exact) mass is 272 g/mol. The Morgan fingerprint density at radius 3 is 2.94 bits per heavy atom. The van der Waals surface area contributed by atoms with Crippen LogP contribution in [0.3, 0.4) is 0 Å². The zero-order chi connectivity index (χ0) is 12.1. The summed E-state index contributed by atoms with van der Waals surface area (Å²) >= 11 is 7.21. The van der Waals surface area contributed by atoms with Crippen LogP contribution in [0.25, 0.3) is 0 Å². The predicted molar refractivity (Wildman–Crippen MR) is 72.0 cm³/mol. The van der Waals surface area contributed by atoms with Gasteiger partial charge in [0.2, 0.25) is 5.91 Å². The Hall–Kier alpha value is -0.610. The van der Waals surface area contributed by atoms with Gasteiger partial charge in [0.25, 0.3) is 0 Å². The van der Waals surface area contributed by atoms with Crippen molar-refractivity contribution >= 4 is 34.0 Å². The summed E-state index contributed by atoms with van der Waals surface area (Å²) in [5, 5.41) is 3.65. The van der Waals surface area contributed by atoms with Crippen LogP contribution in [0.15, 0.2) is 0 Å². The third kappa shape index (κ3) is 3.68. The zero-order valence-electron chi connectivity index (χ0n) is 9.80. The Bertz CT molecular complexity index is 368. The number of carbonyl (C=O) groups is 1. The average Bonchev–Trinajstić information content (AvgIpc) is 2.71. The van der Waals surface area contributed by atoms with Crippen molar-refractivity contribution in [3.05, 3.63) is 10.6 Å². The molecule has 94 valence electrons. The summed E-state index contributed by atoms with van der Waals surface area (Å²) in [5.74, 6) is 0.681. The van der Waals surface area contributed by atoms with E-state index >= 15 is 0 Å². The number of fused-ring (bicyclic) bond motifs is 1. The molecule has 1 aromatic rings. The Labute approximate surface area is 111 Å². The van der Waals surface area contributed by atoms with Crippen LogP contribution < -0.4 is 5.32 Å². The molecule has 1 aliphatic carbocycles. The number of carbonyl (C=O) groups excluding carboxylic acids is 1. The van der Waals surface area contributed by atoms with Gasteiger partial charge >= 0.3 is 0 Å². The van der Waals surface area contributed by atoms with E-state index in [1.165, 1.54) is 23.4 Å². The van der Waals surface area contributed by atoms with Crippen LogP contribution in [0.2, 0.25) is 0 Å². The van der Waals surface area contributed by atoms with Crippen LogP contribution >= 0.6 is 22.9 Å². The van der Waals surface area contributed by atoms with E-state index in [0.29, 0.717) is 12.3 Å². The van der Waals surface area contributed by atoms with E-state index in [0.717, 1.165) is 30.8 Å². The lowest BCUT2D eigenvalue weighted by Crippen LogP contribution is -2.11. The fraction of sp³-hybridized carbons (Fsp3) is 0.667. The number of hydrogen-bond donors (Lipinski definition) is 1. The summed E-state index contributed by atoms with van der Waals surface area (Å²) in [4.78, 5) is 17.4. The molecule has 0 unspecified atom stereocenters. The molecule has 1 aromatic heterocycles. The van der Waals surface area contributed by atoms with E-state index in [9.17, 15) is 4.79 Å². The first-order valence-electron chi connectivity index (χ1n) is 6.14. The molecule has 0 atom stereocenters. The van der Waals surface area contributed by atoms with Gasteiger partial charge in [0.15, 0.2) is 5.13 Å². The number of amides is 1. The van der Waals surface area contributed by atoms with E-state index < -0.39 is 0 Å². The van der Waals surface area contributed by atoms with Gasteiger partial charge in [0, 0.05) is 17.2 Å². The summed E-state index contributed by atoms with van der Waals surface area (Å²) in [7, 11) is 0. The van der Waals surface area contributed by atoms with Gasteiger partial charge in [-0.3, -0.25) is 4.79 Å². The molecular weight excluding hydrogens is 256 g/mol. The van der Waals surface area contributed by atoms with Crippen molar-refractivity contribution in [2.75, 3.05) is 11.2 Å². The van der Waals surface area contributed by atoms with Gasteiger partial charge in [-0.15, -0.1) is 22.9 Å². The minimum atomic E-state index is 0.0567. The molecule has 0 aliphatic heterocycles. The Morgan fingerprint density at radius 1 is 1.35 bits per heavy atom. The first-order chi connectivity index (χ1) is 8.29. The lowest BCUT2D eigenvalue weighted by Gasteiger charge is -2.06. The number of halogens is 1. The molecule has 0 fully saturated rings. The predicted octanol–water partition coefficient (Wildman–Crippen LogP) is 3.37. The van der Waals surface area contributed by atoms with Crippen LogP contribution in [-0.4, -0.2) is 16.8 Å². The largest absolute Gasteiger partial charge is 0.302 e. The lowest BCUT2D eigenvalue weighted by atomic mass is 10.0. The third-order valence-electron chi connectivity index (χ3n) is 2.88. The molecule has 0 spiro atoms. The fourth-order valence-corrected chi connectivity index (χ4v) is 3.22. The number of unbranched alkanes of at least 4 members (excludes halogenated alkanes) is 1. The minimum absolute atomic E-state index is 0.0567. The molecule has 1 N–H and O–H groups in total. The highest BCUT2D eigenvalue weighted by Gasteiger charge is 2.15. The third-order valence-corrected chi connectivity index (χ3v) is 4.22. The fourth-order valence-electron chi connectivity index (χ4n) is 1.97. The molecule has 0 saturated heterocycles. The number of aryl methyl sites for hydroxylation is 2. The Kier molecular flexibility index (Phi) is 4.80. The van der Waals surface area contributed by atoms with Crippen LogP contribution in [-0.2, 0) is 17.6 Å². The van der Waals surface area contributed by atoms with Gasteiger partial charge in [-0.25, -0.2) is 4.98 Å². The number of anilines is 1. The number of aromatic nitrogens is 1. The number of rotatable bonds is 5. The Morgan fingerprint density at radius 2 is 2.18 bits per heavy atom. The standard InChI is InChI=1S/C12H17ClN2OS/c13-8-4-3-7-11(16)15-12-14-9-5-1-2-6-10(9)17-12/h1-8H2,(H,14,15,16). The highest BCUT2D eigenvalue weighted by atomic mass is 35.5. The van der Waals surface area contributed by atoms with Gasteiger partial charge < -0.3 is 5.32 Å². The highest BCUT2D eigenvalue weighted by Crippen LogP contribution is 2.29. The molecule has 2 rings (SSSR count). The second-order valence-corrected chi connectivity index (χ2v) is 5.75. The van der Waals surface area contributed by atoms with Crippen LogP contribution in [0.4, 0.5) is 5.13 Å². The first-order valence-corrected chi connectivity index (χ1v) is 7.49. The number of nitrogens with one attached hydrogen (secondary N) is 1. The topological polar surface area (TPSA) is 42.0 Å². The normalized spacial score (nSPS) is 14.4. The van der Waals surface area contributed by atoms with E-state index in [1.807, 2.05) is 0 Å². The average molecular weight is 273 g/mol. The van der Waals surface area contributed by atoms with E-state index in [-0.39, 0.29) is 5.91 Å². The minimum Gasteiger partial charge on any atom is -0.302 e. The van der Waals surface area contributed by atoms with Gasteiger partial charge in [0.1, 0.15) is 0 Å². The summed E-state index contributed by atoms with van der Waals surface area (Å²) in [6.45, 7) is 0. The summed E-state index contributed by atoms with van der Waals surface area (Å²) in [6, 6.07) is 0. The number of hydrogen-bond acceptors (Lipinski definition) is 3. The molecular formula is C12H17ClN2OS. The van der Waals surface area contributed by atoms with Crippen LogP contribution in [0.1, 0.15) is 42.7 Å². The van der Waals surface area contributed by atoms with Crippen LogP contribution in [0.5, 0.6) is 0 Å². The quantitative estimate of drug-likeness (QED) is 0.660. The molecule has 0 bridgehead atoms. The number of nitrogens with zero attached hydrogens (tertiary/aromatic N) is 1. The summed E-state index contributed by atoms with van der Waals surface area (Å²) < 4.78 is 0. The van der Waals surface area contributed by atoms with Crippen molar-refractivity contribution in [2.45, 2.75) is 44.9 Å². The second-order valence-electron chi connectivity index (χ2n) is 4.29. The second kappa shape index (κ2) is 6.36. The van der Waals surface area contributed by atoms with Crippen molar-refractivity contribution in [3.63, 3.8) is 0 Å². The summed E-state index contributed by atoms with van der Waals surface area (Å²) in [6.07, 6.45) is 6.93. The van der Waals surface area contributed by atoms with Crippen molar-refractivity contribution in [3.8, 4) is 0 Å². The van der Waals surface area contributed by atoms with Crippen molar-refractivity contribution < 1.29 is 4.79 Å². The molecule has 0 radical (unpaired) electrons. The van der Waals surface area contributed by atoms with Crippen molar-refractivity contribution in [1.29, 1.82) is 0 Å². The molecule has 0 aromatic carbocycles. The van der Waals surface area contributed by atoms with Crippen molar-refractivity contribution in [1.82, 2.24) is 4.98 Å². The smallest absolute Gasteiger partial charge is 0.226 e. The van der Waals surface area contributed by atoms with Gasteiger partial charge in [-0.2, -0.15) is 0 Å². The molecule has 3 nitrogen and oxygen atoms in total. The molecule has 1 amide bonds. The summed E-state index contributed by atoms with van der Waals surface area (Å²) in [5.41, 5.74) is 1.19. The molecule has 5 heteroatoms. The molecule has 0 saturated carbocycles. The first kappa shape index (κ1) is 12.8. The maximum absolute atomic E-state index is 11.6. The van der Waals surface area contributed by atoms with Gasteiger partial charge in [-0.1, -0.05) is 0 Å². The molecule has 1 aliphatic rings. The number of alkyl halides is 1. The zero-order valence-corrected chi connectivity index (χ0v) is 11.4. The number of thiazole rings is 1. The van der Waals surface area contributed by atoms with Gasteiger partial charge in [0.05, 0.1) is 5.69 Å². The van der Waals surface area contributed by atoms with E-state index in [4.69, 9.17) is 11.6 Å².